The smallest absolute Gasteiger partial charge is 0.186 e. The van der Waals surface area contributed by atoms with Crippen molar-refractivity contribution >= 4 is 28.5 Å². The molecule has 0 spiro atoms. The second-order valence-electron chi connectivity index (χ2n) is 8.38. The summed E-state index contributed by atoms with van der Waals surface area (Å²) in [6, 6.07) is 11.4. The van der Waals surface area contributed by atoms with Gasteiger partial charge >= 0.3 is 0 Å². The van der Waals surface area contributed by atoms with Crippen molar-refractivity contribution in [3.8, 4) is 5.75 Å². The number of aryl methyl sites for hydroxylation is 2. The summed E-state index contributed by atoms with van der Waals surface area (Å²) in [5, 5.41) is 17.0. The van der Waals surface area contributed by atoms with E-state index in [1.807, 2.05) is 24.7 Å². The topological polar surface area (TPSA) is 95.6 Å². The first-order valence-electron chi connectivity index (χ1n) is 11.3. The number of rotatable bonds is 8. The highest BCUT2D eigenvalue weighted by Crippen LogP contribution is 2.28. The maximum absolute atomic E-state index is 14.7. The van der Waals surface area contributed by atoms with Gasteiger partial charge in [-0.3, -0.25) is 4.68 Å². The largest absolute Gasteiger partial charge is 0.494 e. The minimum atomic E-state index is -0.503. The summed E-state index contributed by atoms with van der Waals surface area (Å²) < 4.78 is 23.6. The zero-order valence-corrected chi connectivity index (χ0v) is 20.8. The summed E-state index contributed by atoms with van der Waals surface area (Å²) in [5.74, 6) is 1.95. The number of nitrogens with zero attached hydrogens (tertiary/aromatic N) is 7. The van der Waals surface area contributed by atoms with Crippen molar-refractivity contribution in [2.75, 3.05) is 12.4 Å². The van der Waals surface area contributed by atoms with Gasteiger partial charge in [0, 0.05) is 23.3 Å². The van der Waals surface area contributed by atoms with Gasteiger partial charge in [0.05, 0.1) is 25.6 Å². The van der Waals surface area contributed by atoms with Gasteiger partial charge in [-0.1, -0.05) is 35.9 Å². The quantitative estimate of drug-likeness (QED) is 0.330. The van der Waals surface area contributed by atoms with Crippen molar-refractivity contribution in [1.82, 2.24) is 34.5 Å². The van der Waals surface area contributed by atoms with Gasteiger partial charge in [-0.2, -0.15) is 5.10 Å². The molecule has 5 rings (SSSR count). The molecule has 0 atom stereocenters. The Morgan fingerprint density at radius 3 is 2.36 bits per heavy atom. The lowest BCUT2D eigenvalue weighted by molar-refractivity contribution is 0.384. The summed E-state index contributed by atoms with van der Waals surface area (Å²) in [5.41, 5.74) is 3.10. The SMILES string of the molecule is COc1ccc(Cl)c(CNc2ncnc3nn(Cc4ccc(Cn5c(C)nnc5C)cc4)cc23)c1F. The van der Waals surface area contributed by atoms with Gasteiger partial charge in [-0.05, 0) is 37.1 Å². The lowest BCUT2D eigenvalue weighted by atomic mass is 10.1. The molecular weight excluding hydrogens is 483 g/mol. The predicted octanol–water partition coefficient (Wildman–Crippen LogP) is 4.54. The van der Waals surface area contributed by atoms with Crippen LogP contribution in [0.2, 0.25) is 5.02 Å². The van der Waals surface area contributed by atoms with Crippen LogP contribution in [0.15, 0.2) is 48.9 Å². The van der Waals surface area contributed by atoms with Crippen molar-refractivity contribution in [2.24, 2.45) is 0 Å². The molecule has 36 heavy (non-hydrogen) atoms. The molecule has 0 amide bonds. The summed E-state index contributed by atoms with van der Waals surface area (Å²) in [6.07, 6.45) is 3.30. The minimum absolute atomic E-state index is 0.131. The molecule has 0 radical (unpaired) electrons. The van der Waals surface area contributed by atoms with E-state index in [4.69, 9.17) is 16.3 Å². The molecule has 3 heterocycles. The third-order valence-electron chi connectivity index (χ3n) is 6.00. The molecule has 1 N–H and O–H groups in total. The molecule has 9 nitrogen and oxygen atoms in total. The van der Waals surface area contributed by atoms with Crippen LogP contribution < -0.4 is 10.1 Å². The summed E-state index contributed by atoms with van der Waals surface area (Å²) >= 11 is 6.21. The number of halogens is 2. The Morgan fingerprint density at radius 1 is 0.972 bits per heavy atom. The van der Waals surface area contributed by atoms with E-state index in [-0.39, 0.29) is 12.3 Å². The summed E-state index contributed by atoms with van der Waals surface area (Å²) in [7, 11) is 1.42. The van der Waals surface area contributed by atoms with Gasteiger partial charge in [0.1, 0.15) is 23.8 Å². The average molecular weight is 507 g/mol. The number of benzene rings is 2. The average Bonchev–Trinajstić information content (AvgIpc) is 3.43. The Kier molecular flexibility index (Phi) is 6.51. The minimum Gasteiger partial charge on any atom is -0.494 e. The van der Waals surface area contributed by atoms with Gasteiger partial charge in [0.2, 0.25) is 0 Å². The molecule has 0 bridgehead atoms. The second kappa shape index (κ2) is 9.90. The first-order valence-corrected chi connectivity index (χ1v) is 11.7. The lowest BCUT2D eigenvalue weighted by Crippen LogP contribution is -2.06. The number of aromatic nitrogens is 7. The second-order valence-corrected chi connectivity index (χ2v) is 8.79. The summed E-state index contributed by atoms with van der Waals surface area (Å²) in [6.45, 7) is 5.32. The van der Waals surface area contributed by atoms with Crippen LogP contribution >= 0.6 is 11.6 Å². The van der Waals surface area contributed by atoms with Crippen LogP contribution in [0.3, 0.4) is 0 Å². The van der Waals surface area contributed by atoms with Gasteiger partial charge in [-0.25, -0.2) is 14.4 Å². The molecule has 0 unspecified atom stereocenters. The number of hydrogen-bond donors (Lipinski definition) is 1. The Labute approximate surface area is 211 Å². The van der Waals surface area contributed by atoms with E-state index in [1.54, 1.807) is 6.07 Å². The van der Waals surface area contributed by atoms with Crippen LogP contribution in [0.4, 0.5) is 10.2 Å². The highest BCUT2D eigenvalue weighted by molar-refractivity contribution is 6.31. The number of fused-ring (bicyclic) bond motifs is 1. The third kappa shape index (κ3) is 4.72. The van der Waals surface area contributed by atoms with Crippen molar-refractivity contribution < 1.29 is 9.13 Å². The fourth-order valence-corrected chi connectivity index (χ4v) is 4.22. The first kappa shape index (κ1) is 23.7. The molecule has 0 aliphatic rings. The van der Waals surface area contributed by atoms with Crippen LogP contribution in [0.5, 0.6) is 5.75 Å². The number of methoxy groups -OCH3 is 1. The first-order chi connectivity index (χ1) is 17.4. The van der Waals surface area contributed by atoms with E-state index in [0.29, 0.717) is 28.6 Å². The van der Waals surface area contributed by atoms with E-state index in [1.165, 1.54) is 19.5 Å². The number of ether oxygens (including phenoxy) is 1. The Hall–Kier alpha value is -4.05. The highest BCUT2D eigenvalue weighted by atomic mass is 35.5. The molecular formula is C25H24ClFN8O. The van der Waals surface area contributed by atoms with E-state index < -0.39 is 5.82 Å². The van der Waals surface area contributed by atoms with Crippen molar-refractivity contribution in [3.63, 3.8) is 0 Å². The van der Waals surface area contributed by atoms with E-state index >= 15 is 0 Å². The zero-order valence-electron chi connectivity index (χ0n) is 20.0. The normalized spacial score (nSPS) is 11.2. The number of nitrogens with one attached hydrogen (secondary N) is 1. The van der Waals surface area contributed by atoms with E-state index in [9.17, 15) is 4.39 Å². The van der Waals surface area contributed by atoms with Crippen molar-refractivity contribution in [3.05, 3.63) is 88.1 Å². The van der Waals surface area contributed by atoms with Crippen LogP contribution in [0.1, 0.15) is 28.3 Å². The predicted molar refractivity (Wildman–Crippen MR) is 135 cm³/mol. The highest BCUT2D eigenvalue weighted by Gasteiger charge is 2.15. The van der Waals surface area contributed by atoms with Gasteiger partial charge in [0.15, 0.2) is 17.2 Å². The molecule has 2 aromatic carbocycles. The number of hydrogen-bond acceptors (Lipinski definition) is 7. The van der Waals surface area contributed by atoms with Gasteiger partial charge < -0.3 is 14.6 Å². The maximum Gasteiger partial charge on any atom is 0.186 e. The lowest BCUT2D eigenvalue weighted by Gasteiger charge is -2.11. The molecule has 0 fully saturated rings. The van der Waals surface area contributed by atoms with Crippen molar-refractivity contribution in [2.45, 2.75) is 33.5 Å². The molecule has 0 saturated carbocycles. The fraction of sp³-hybridized carbons (Fsp3) is 0.240. The monoisotopic (exact) mass is 506 g/mol. The van der Waals surface area contributed by atoms with E-state index in [2.05, 4.69) is 59.4 Å². The molecule has 184 valence electrons. The Morgan fingerprint density at radius 2 is 1.67 bits per heavy atom. The van der Waals surface area contributed by atoms with Crippen LogP contribution in [-0.2, 0) is 19.6 Å². The van der Waals surface area contributed by atoms with Crippen LogP contribution in [0.25, 0.3) is 11.0 Å². The summed E-state index contributed by atoms with van der Waals surface area (Å²) in [4.78, 5) is 8.60. The zero-order chi connectivity index (χ0) is 25.2. The number of anilines is 1. The maximum atomic E-state index is 14.7. The Balaban J connectivity index is 1.31. The van der Waals surface area contributed by atoms with Crippen molar-refractivity contribution in [1.29, 1.82) is 0 Å². The molecule has 11 heteroatoms. The molecule has 3 aromatic heterocycles. The standard InChI is InChI=1S/C25H24ClFN8O/c1-15-31-32-16(2)35(15)12-18-6-4-17(5-7-18)11-34-13-20-24(29-14-30-25(20)33-34)28-10-19-21(26)8-9-22(36-3)23(19)27/h4-9,13-14H,10-12H2,1-3H3,(H,28,29,30,33). The molecule has 0 aliphatic heterocycles. The molecule has 0 saturated heterocycles. The fourth-order valence-electron chi connectivity index (χ4n) is 4.01. The van der Waals surface area contributed by atoms with Gasteiger partial charge in [-0.15, -0.1) is 10.2 Å². The van der Waals surface area contributed by atoms with E-state index in [0.717, 1.165) is 34.7 Å². The Bertz CT molecular complexity index is 1510. The van der Waals surface area contributed by atoms with Crippen LogP contribution in [0, 0.1) is 19.7 Å². The van der Waals surface area contributed by atoms with Crippen LogP contribution in [-0.4, -0.2) is 41.6 Å². The third-order valence-corrected chi connectivity index (χ3v) is 6.35. The van der Waals surface area contributed by atoms with Gasteiger partial charge in [0.25, 0.3) is 0 Å². The molecule has 5 aromatic rings. The molecule has 0 aliphatic carbocycles.